The number of amides is 1. The Morgan fingerprint density at radius 2 is 1.88 bits per heavy atom. The molecule has 0 unspecified atom stereocenters. The molecule has 1 aromatic carbocycles. The van der Waals surface area contributed by atoms with E-state index in [-0.39, 0.29) is 5.91 Å². The molecule has 0 saturated carbocycles. The molecule has 0 spiro atoms. The maximum Gasteiger partial charge on any atom is 0.262 e. The van der Waals surface area contributed by atoms with E-state index in [1.165, 1.54) is 16.0 Å². The Morgan fingerprint density at radius 1 is 1.25 bits per heavy atom. The van der Waals surface area contributed by atoms with Gasteiger partial charge in [-0.1, -0.05) is 6.07 Å². The third kappa shape index (κ3) is 2.99. The van der Waals surface area contributed by atoms with Crippen LogP contribution >= 0.6 is 0 Å². The molecule has 0 radical (unpaired) electrons. The van der Waals surface area contributed by atoms with Gasteiger partial charge in [-0.15, -0.1) is 0 Å². The minimum absolute atomic E-state index is 0.0294. The molecule has 16 heavy (non-hydrogen) atoms. The van der Waals surface area contributed by atoms with Crippen LogP contribution in [0.2, 0.25) is 0 Å². The summed E-state index contributed by atoms with van der Waals surface area (Å²) in [5.41, 5.74) is 2.39. The van der Waals surface area contributed by atoms with Crippen LogP contribution in [0.5, 0.6) is 5.75 Å². The fourth-order valence-electron chi connectivity index (χ4n) is 1.41. The summed E-state index contributed by atoms with van der Waals surface area (Å²) in [4.78, 5) is 13.1. The Kier molecular flexibility index (Phi) is 3.93. The van der Waals surface area contributed by atoms with Crippen LogP contribution in [0.1, 0.15) is 18.1 Å². The molecule has 3 nitrogen and oxygen atoms in total. The van der Waals surface area contributed by atoms with Gasteiger partial charge >= 0.3 is 0 Å². The van der Waals surface area contributed by atoms with Gasteiger partial charge in [-0.2, -0.15) is 0 Å². The lowest BCUT2D eigenvalue weighted by atomic mass is 10.1. The molecule has 0 aliphatic carbocycles. The van der Waals surface area contributed by atoms with Crippen LogP contribution < -0.4 is 4.74 Å². The van der Waals surface area contributed by atoms with Crippen molar-refractivity contribution in [1.29, 1.82) is 0 Å². The van der Waals surface area contributed by atoms with E-state index in [1.54, 1.807) is 21.0 Å². The monoisotopic (exact) mass is 221 g/mol. The zero-order valence-electron chi connectivity index (χ0n) is 10.6. The van der Waals surface area contributed by atoms with Crippen molar-refractivity contribution >= 4 is 5.91 Å². The summed E-state index contributed by atoms with van der Waals surface area (Å²) in [5, 5.41) is 0. The van der Waals surface area contributed by atoms with Crippen molar-refractivity contribution in [2.45, 2.75) is 26.9 Å². The summed E-state index contributed by atoms with van der Waals surface area (Å²) < 4.78 is 5.58. The van der Waals surface area contributed by atoms with Gasteiger partial charge in [0.2, 0.25) is 0 Å². The van der Waals surface area contributed by atoms with Gasteiger partial charge in [0.25, 0.3) is 5.91 Å². The Balaban J connectivity index is 2.73. The first-order chi connectivity index (χ1) is 7.41. The first-order valence-electron chi connectivity index (χ1n) is 5.37. The average Bonchev–Trinajstić information content (AvgIpc) is 2.22. The highest BCUT2D eigenvalue weighted by Gasteiger charge is 2.16. The summed E-state index contributed by atoms with van der Waals surface area (Å²) in [6.07, 6.45) is -0.447. The van der Waals surface area contributed by atoms with Crippen molar-refractivity contribution in [3.8, 4) is 5.75 Å². The standard InChI is InChI=1S/C13H19NO2/c1-9-6-7-12(8-10(9)2)16-11(3)13(15)14(4)5/h6-8,11H,1-5H3/t11-/m1/s1. The second-order valence-corrected chi connectivity index (χ2v) is 4.24. The van der Waals surface area contributed by atoms with Crippen LogP contribution in [0.4, 0.5) is 0 Å². The van der Waals surface area contributed by atoms with Crippen molar-refractivity contribution in [2.75, 3.05) is 14.1 Å². The largest absolute Gasteiger partial charge is 0.481 e. The van der Waals surface area contributed by atoms with Gasteiger partial charge in [-0.3, -0.25) is 4.79 Å². The van der Waals surface area contributed by atoms with Crippen LogP contribution in [0.25, 0.3) is 0 Å². The number of hydrogen-bond donors (Lipinski definition) is 0. The molecule has 1 atom stereocenters. The van der Waals surface area contributed by atoms with E-state index >= 15 is 0 Å². The maximum absolute atomic E-state index is 11.6. The predicted octanol–water partition coefficient (Wildman–Crippen LogP) is 2.16. The highest BCUT2D eigenvalue weighted by molar-refractivity contribution is 5.80. The number of aryl methyl sites for hydroxylation is 2. The first-order valence-corrected chi connectivity index (χ1v) is 5.37. The average molecular weight is 221 g/mol. The second-order valence-electron chi connectivity index (χ2n) is 4.24. The number of carbonyl (C=O) groups is 1. The smallest absolute Gasteiger partial charge is 0.262 e. The number of rotatable bonds is 3. The van der Waals surface area contributed by atoms with Crippen molar-refractivity contribution in [2.24, 2.45) is 0 Å². The molecular weight excluding hydrogens is 202 g/mol. The lowest BCUT2D eigenvalue weighted by molar-refractivity contribution is -0.135. The van der Waals surface area contributed by atoms with Crippen LogP contribution in [0.15, 0.2) is 18.2 Å². The molecule has 0 saturated heterocycles. The number of benzene rings is 1. The Morgan fingerprint density at radius 3 is 2.38 bits per heavy atom. The zero-order chi connectivity index (χ0) is 12.3. The van der Waals surface area contributed by atoms with Gasteiger partial charge in [0.05, 0.1) is 0 Å². The van der Waals surface area contributed by atoms with Crippen molar-refractivity contribution in [3.63, 3.8) is 0 Å². The van der Waals surface area contributed by atoms with E-state index in [2.05, 4.69) is 0 Å². The maximum atomic E-state index is 11.6. The van der Waals surface area contributed by atoms with Crippen molar-refractivity contribution < 1.29 is 9.53 Å². The fraction of sp³-hybridized carbons (Fsp3) is 0.462. The van der Waals surface area contributed by atoms with Gasteiger partial charge in [0.1, 0.15) is 5.75 Å². The highest BCUT2D eigenvalue weighted by Crippen LogP contribution is 2.17. The first kappa shape index (κ1) is 12.6. The molecule has 0 fully saturated rings. The second kappa shape index (κ2) is 5.01. The molecule has 88 valence electrons. The molecule has 0 heterocycles. The fourth-order valence-corrected chi connectivity index (χ4v) is 1.41. The molecule has 0 aliphatic rings. The van der Waals surface area contributed by atoms with Gasteiger partial charge in [0.15, 0.2) is 6.10 Å². The topological polar surface area (TPSA) is 29.5 Å². The van der Waals surface area contributed by atoms with Gasteiger partial charge in [-0.05, 0) is 44.0 Å². The quantitative estimate of drug-likeness (QED) is 0.782. The summed E-state index contributed by atoms with van der Waals surface area (Å²) >= 11 is 0. The van der Waals surface area contributed by atoms with Crippen molar-refractivity contribution in [3.05, 3.63) is 29.3 Å². The molecule has 3 heteroatoms. The van der Waals surface area contributed by atoms with Crippen LogP contribution in [0, 0.1) is 13.8 Å². The number of ether oxygens (including phenoxy) is 1. The summed E-state index contributed by atoms with van der Waals surface area (Å²) in [5.74, 6) is 0.712. The minimum atomic E-state index is -0.447. The Labute approximate surface area is 97.0 Å². The summed E-state index contributed by atoms with van der Waals surface area (Å²) in [6.45, 7) is 5.84. The van der Waals surface area contributed by atoms with Crippen LogP contribution in [0.3, 0.4) is 0 Å². The van der Waals surface area contributed by atoms with Crippen molar-refractivity contribution in [1.82, 2.24) is 4.90 Å². The third-order valence-electron chi connectivity index (χ3n) is 2.58. The van der Waals surface area contributed by atoms with E-state index in [9.17, 15) is 4.79 Å². The predicted molar refractivity (Wildman–Crippen MR) is 64.7 cm³/mol. The lowest BCUT2D eigenvalue weighted by Crippen LogP contribution is -2.35. The molecule has 1 rings (SSSR count). The normalized spacial score (nSPS) is 12.1. The van der Waals surface area contributed by atoms with E-state index < -0.39 is 6.10 Å². The van der Waals surface area contributed by atoms with Crippen LogP contribution in [-0.2, 0) is 4.79 Å². The molecule has 0 N–H and O–H groups in total. The molecule has 1 amide bonds. The zero-order valence-corrected chi connectivity index (χ0v) is 10.6. The minimum Gasteiger partial charge on any atom is -0.481 e. The van der Waals surface area contributed by atoms with E-state index in [0.717, 1.165) is 5.75 Å². The molecular formula is C13H19NO2. The van der Waals surface area contributed by atoms with E-state index in [0.29, 0.717) is 0 Å². The number of likely N-dealkylation sites (N-methyl/N-ethyl adjacent to an activating group) is 1. The molecule has 0 aromatic heterocycles. The molecule has 0 aliphatic heterocycles. The highest BCUT2D eigenvalue weighted by atomic mass is 16.5. The van der Waals surface area contributed by atoms with Gasteiger partial charge in [-0.25, -0.2) is 0 Å². The van der Waals surface area contributed by atoms with E-state index in [1.807, 2.05) is 32.0 Å². The summed E-state index contributed by atoms with van der Waals surface area (Å²) in [7, 11) is 3.45. The van der Waals surface area contributed by atoms with Gasteiger partial charge in [0, 0.05) is 14.1 Å². The third-order valence-corrected chi connectivity index (χ3v) is 2.58. The lowest BCUT2D eigenvalue weighted by Gasteiger charge is -2.18. The van der Waals surface area contributed by atoms with Gasteiger partial charge < -0.3 is 9.64 Å². The number of carbonyl (C=O) groups excluding carboxylic acids is 1. The summed E-state index contributed by atoms with van der Waals surface area (Å²) in [6, 6.07) is 5.84. The SMILES string of the molecule is Cc1ccc(O[C@H](C)C(=O)N(C)C)cc1C. The van der Waals surface area contributed by atoms with Crippen LogP contribution in [-0.4, -0.2) is 31.0 Å². The Hall–Kier alpha value is -1.51. The van der Waals surface area contributed by atoms with E-state index in [4.69, 9.17) is 4.74 Å². The molecule has 0 bridgehead atoms. The number of hydrogen-bond acceptors (Lipinski definition) is 2. The molecule has 1 aromatic rings. The Bertz CT molecular complexity index is 386. The number of nitrogens with zero attached hydrogens (tertiary/aromatic N) is 1.